The highest BCUT2D eigenvalue weighted by Crippen LogP contribution is 2.32. The minimum absolute atomic E-state index is 0.197. The minimum atomic E-state index is 0.197. The van der Waals surface area contributed by atoms with Gasteiger partial charge in [-0.1, -0.05) is 33.6 Å². The molecule has 0 rings (SSSR count). The lowest BCUT2D eigenvalue weighted by Gasteiger charge is -2.50. The summed E-state index contributed by atoms with van der Waals surface area (Å²) in [6.45, 7) is 12.2. The van der Waals surface area contributed by atoms with Crippen molar-refractivity contribution < 1.29 is 0 Å². The SMILES string of the molecule is CCCC(CN)(CCC)N(C)C(C)(C)CC. The third-order valence-electron chi connectivity index (χ3n) is 4.30. The fourth-order valence-corrected chi connectivity index (χ4v) is 2.61. The normalized spacial score (nSPS) is 13.5. The Balaban J connectivity index is 4.99. The van der Waals surface area contributed by atoms with Crippen LogP contribution >= 0.6 is 0 Å². The van der Waals surface area contributed by atoms with Gasteiger partial charge >= 0.3 is 0 Å². The third-order valence-corrected chi connectivity index (χ3v) is 4.30. The van der Waals surface area contributed by atoms with Crippen LogP contribution in [0.2, 0.25) is 0 Å². The van der Waals surface area contributed by atoms with E-state index in [9.17, 15) is 0 Å². The summed E-state index contributed by atoms with van der Waals surface area (Å²) in [6.07, 6.45) is 6.00. The van der Waals surface area contributed by atoms with Crippen LogP contribution in [0.25, 0.3) is 0 Å². The van der Waals surface area contributed by atoms with Crippen molar-refractivity contribution in [2.75, 3.05) is 13.6 Å². The first-order chi connectivity index (χ1) is 7.40. The number of hydrogen-bond donors (Lipinski definition) is 1. The van der Waals surface area contributed by atoms with Crippen LogP contribution in [-0.4, -0.2) is 29.6 Å². The average molecular weight is 228 g/mol. The van der Waals surface area contributed by atoms with Crippen LogP contribution < -0.4 is 5.73 Å². The van der Waals surface area contributed by atoms with E-state index >= 15 is 0 Å². The molecule has 0 bridgehead atoms. The van der Waals surface area contributed by atoms with E-state index in [1.54, 1.807) is 0 Å². The molecule has 0 aromatic rings. The van der Waals surface area contributed by atoms with E-state index < -0.39 is 0 Å². The van der Waals surface area contributed by atoms with Crippen LogP contribution in [0.5, 0.6) is 0 Å². The number of rotatable bonds is 8. The van der Waals surface area contributed by atoms with Crippen molar-refractivity contribution in [3.8, 4) is 0 Å². The number of likely N-dealkylation sites (N-methyl/N-ethyl adjacent to an activating group) is 1. The smallest absolute Gasteiger partial charge is 0.0333 e. The Kier molecular flexibility index (Phi) is 6.57. The first-order valence-electron chi connectivity index (χ1n) is 6.84. The lowest BCUT2D eigenvalue weighted by atomic mass is 9.82. The zero-order valence-electron chi connectivity index (χ0n) is 12.3. The van der Waals surface area contributed by atoms with E-state index in [0.29, 0.717) is 0 Å². The Morgan fingerprint density at radius 2 is 1.44 bits per heavy atom. The third kappa shape index (κ3) is 3.46. The van der Waals surface area contributed by atoms with Crippen LogP contribution in [0.4, 0.5) is 0 Å². The highest BCUT2D eigenvalue weighted by molar-refractivity contribution is 4.96. The van der Waals surface area contributed by atoms with Crippen LogP contribution in [0.1, 0.15) is 66.7 Å². The van der Waals surface area contributed by atoms with Gasteiger partial charge < -0.3 is 5.73 Å². The first kappa shape index (κ1) is 15.9. The topological polar surface area (TPSA) is 29.3 Å². The molecule has 2 nitrogen and oxygen atoms in total. The number of nitrogens with two attached hydrogens (primary N) is 1. The molecule has 0 aliphatic carbocycles. The summed E-state index contributed by atoms with van der Waals surface area (Å²) >= 11 is 0. The molecule has 0 unspecified atom stereocenters. The molecule has 0 aliphatic rings. The first-order valence-corrected chi connectivity index (χ1v) is 6.84. The Labute approximate surface area is 103 Å². The predicted octanol–water partition coefficient (Wildman–Crippen LogP) is 3.40. The van der Waals surface area contributed by atoms with E-state index in [2.05, 4.69) is 46.6 Å². The maximum atomic E-state index is 6.09. The van der Waals surface area contributed by atoms with Gasteiger partial charge in [0, 0.05) is 17.6 Å². The van der Waals surface area contributed by atoms with Crippen molar-refractivity contribution in [1.29, 1.82) is 0 Å². The average Bonchev–Trinajstić information content (AvgIpc) is 2.27. The van der Waals surface area contributed by atoms with Crippen LogP contribution in [0.3, 0.4) is 0 Å². The molecule has 0 aliphatic heterocycles. The highest BCUT2D eigenvalue weighted by atomic mass is 15.2. The summed E-state index contributed by atoms with van der Waals surface area (Å²) in [5.74, 6) is 0. The molecule has 0 radical (unpaired) electrons. The Morgan fingerprint density at radius 3 is 1.69 bits per heavy atom. The maximum absolute atomic E-state index is 6.09. The molecule has 0 amide bonds. The van der Waals surface area contributed by atoms with Gasteiger partial charge in [0.05, 0.1) is 0 Å². The van der Waals surface area contributed by atoms with Gasteiger partial charge in [-0.3, -0.25) is 4.90 Å². The lowest BCUT2D eigenvalue weighted by molar-refractivity contribution is 0.0106. The monoisotopic (exact) mass is 228 g/mol. The standard InChI is InChI=1S/C14H32N2/c1-7-10-14(12-15,11-8-2)16(6)13(4,5)9-3/h7-12,15H2,1-6H3. The van der Waals surface area contributed by atoms with Gasteiger partial charge in [-0.25, -0.2) is 0 Å². The van der Waals surface area contributed by atoms with E-state index in [1.165, 1.54) is 32.1 Å². The van der Waals surface area contributed by atoms with Crippen molar-refractivity contribution in [3.63, 3.8) is 0 Å². The molecule has 98 valence electrons. The fraction of sp³-hybridized carbons (Fsp3) is 1.00. The van der Waals surface area contributed by atoms with Crippen LogP contribution in [0, 0.1) is 0 Å². The van der Waals surface area contributed by atoms with Crippen molar-refractivity contribution in [2.45, 2.75) is 77.8 Å². The molecule has 2 N–H and O–H groups in total. The Bertz CT molecular complexity index is 181. The molecule has 0 spiro atoms. The van der Waals surface area contributed by atoms with Gasteiger partial charge in [0.2, 0.25) is 0 Å². The molecule has 0 heterocycles. The largest absolute Gasteiger partial charge is 0.329 e. The molecule has 0 aromatic carbocycles. The second-order valence-electron chi connectivity index (χ2n) is 5.65. The van der Waals surface area contributed by atoms with Gasteiger partial charge in [0.25, 0.3) is 0 Å². The van der Waals surface area contributed by atoms with Crippen molar-refractivity contribution in [3.05, 3.63) is 0 Å². The molecule has 16 heavy (non-hydrogen) atoms. The summed E-state index contributed by atoms with van der Waals surface area (Å²) in [4.78, 5) is 2.53. The summed E-state index contributed by atoms with van der Waals surface area (Å²) < 4.78 is 0. The molecule has 2 heteroatoms. The molecule has 0 saturated heterocycles. The summed E-state index contributed by atoms with van der Waals surface area (Å²) in [5.41, 5.74) is 6.53. The lowest BCUT2D eigenvalue weighted by Crippen LogP contribution is -2.59. The quantitative estimate of drug-likeness (QED) is 0.690. The summed E-state index contributed by atoms with van der Waals surface area (Å²) in [5, 5.41) is 0. The Hall–Kier alpha value is -0.0800. The van der Waals surface area contributed by atoms with Crippen LogP contribution in [-0.2, 0) is 0 Å². The second-order valence-corrected chi connectivity index (χ2v) is 5.65. The van der Waals surface area contributed by atoms with E-state index in [4.69, 9.17) is 5.73 Å². The van der Waals surface area contributed by atoms with Crippen molar-refractivity contribution in [1.82, 2.24) is 4.90 Å². The Morgan fingerprint density at radius 1 is 1.00 bits per heavy atom. The number of hydrogen-bond acceptors (Lipinski definition) is 2. The number of nitrogens with zero attached hydrogens (tertiary/aromatic N) is 1. The predicted molar refractivity (Wildman–Crippen MR) is 73.7 cm³/mol. The van der Waals surface area contributed by atoms with E-state index in [0.717, 1.165) is 6.54 Å². The van der Waals surface area contributed by atoms with Gasteiger partial charge in [-0.15, -0.1) is 0 Å². The minimum Gasteiger partial charge on any atom is -0.329 e. The zero-order valence-corrected chi connectivity index (χ0v) is 12.3. The molecular formula is C14H32N2. The molecule has 0 atom stereocenters. The van der Waals surface area contributed by atoms with Gasteiger partial charge in [-0.05, 0) is 40.2 Å². The van der Waals surface area contributed by atoms with Gasteiger partial charge in [0.1, 0.15) is 0 Å². The van der Waals surface area contributed by atoms with E-state index in [1.807, 2.05) is 0 Å². The van der Waals surface area contributed by atoms with Crippen molar-refractivity contribution in [2.24, 2.45) is 5.73 Å². The zero-order chi connectivity index (χ0) is 12.8. The molecule has 0 saturated carbocycles. The fourth-order valence-electron chi connectivity index (χ4n) is 2.61. The van der Waals surface area contributed by atoms with Crippen molar-refractivity contribution >= 4 is 0 Å². The van der Waals surface area contributed by atoms with E-state index in [-0.39, 0.29) is 11.1 Å². The van der Waals surface area contributed by atoms with Crippen LogP contribution in [0.15, 0.2) is 0 Å². The molecular weight excluding hydrogens is 196 g/mol. The summed E-state index contributed by atoms with van der Waals surface area (Å²) in [7, 11) is 2.25. The summed E-state index contributed by atoms with van der Waals surface area (Å²) in [6, 6.07) is 0. The van der Waals surface area contributed by atoms with Gasteiger partial charge in [0.15, 0.2) is 0 Å². The second kappa shape index (κ2) is 6.61. The van der Waals surface area contributed by atoms with Gasteiger partial charge in [-0.2, -0.15) is 0 Å². The molecule has 0 fully saturated rings. The molecule has 0 aromatic heterocycles. The highest BCUT2D eigenvalue weighted by Gasteiger charge is 2.38. The maximum Gasteiger partial charge on any atom is 0.0333 e.